The lowest BCUT2D eigenvalue weighted by molar-refractivity contribution is 0.564. The van der Waals surface area contributed by atoms with E-state index < -0.39 is 11.6 Å². The fraction of sp³-hybridized carbons (Fsp3) is 0.400. The zero-order valence-corrected chi connectivity index (χ0v) is 12.9. The van der Waals surface area contributed by atoms with Crippen LogP contribution in [0.4, 0.5) is 8.78 Å². The van der Waals surface area contributed by atoms with Gasteiger partial charge in [0.25, 0.3) is 0 Å². The van der Waals surface area contributed by atoms with Gasteiger partial charge < -0.3 is 5.73 Å². The predicted octanol–water partition coefficient (Wildman–Crippen LogP) is 4.30. The molecule has 1 aromatic carbocycles. The lowest BCUT2D eigenvalue weighted by Gasteiger charge is -2.12. The number of halogens is 2. The molecule has 1 aromatic rings. The second-order valence-electron chi connectivity index (χ2n) is 4.60. The summed E-state index contributed by atoms with van der Waals surface area (Å²) in [5.74, 6) is -1.20. The lowest BCUT2D eigenvalue weighted by Crippen LogP contribution is -2.06. The third-order valence-corrected chi connectivity index (χ3v) is 3.19. The van der Waals surface area contributed by atoms with Gasteiger partial charge in [-0.2, -0.15) is 0 Å². The molecule has 0 aliphatic heterocycles. The van der Waals surface area contributed by atoms with Crippen LogP contribution < -0.4 is 5.73 Å². The Hall–Kier alpha value is -1.36. The maximum Gasteiger partial charge on any atom is 0.156 e. The molecule has 0 radical (unpaired) electrons. The third kappa shape index (κ3) is 3.82. The van der Waals surface area contributed by atoms with E-state index in [-0.39, 0.29) is 16.4 Å². The fourth-order valence-corrected chi connectivity index (χ4v) is 2.02. The van der Waals surface area contributed by atoms with Gasteiger partial charge in [-0.1, -0.05) is 26.3 Å². The van der Waals surface area contributed by atoms with Crippen LogP contribution in [0.2, 0.25) is 0 Å². The van der Waals surface area contributed by atoms with Crippen LogP contribution in [0.15, 0.2) is 22.7 Å². The second-order valence-corrected chi connectivity index (χ2v) is 5.06. The van der Waals surface area contributed by atoms with Gasteiger partial charge in [0.2, 0.25) is 0 Å². The normalized spacial score (nSPS) is 13.4. The lowest BCUT2D eigenvalue weighted by atomic mass is 10.00. The number of allylic oxidation sites excluding steroid dienone is 1. The number of rotatable bonds is 5. The number of aliphatic imine (C=N–C) groups is 1. The van der Waals surface area contributed by atoms with Crippen molar-refractivity contribution in [1.82, 2.24) is 0 Å². The summed E-state index contributed by atoms with van der Waals surface area (Å²) in [6, 6.07) is 2.75. The molecule has 0 amide bonds. The van der Waals surface area contributed by atoms with Crippen LogP contribution in [0.25, 0.3) is 5.70 Å². The molecule has 0 aliphatic rings. The fourth-order valence-electron chi connectivity index (χ4n) is 1.92. The molecule has 0 bridgehead atoms. The van der Waals surface area contributed by atoms with Crippen LogP contribution in [0, 0.1) is 11.6 Å². The number of nitrogens with zero attached hydrogens (tertiary/aromatic N) is 1. The number of thiol groups is 1. The van der Waals surface area contributed by atoms with E-state index in [1.807, 2.05) is 13.8 Å². The molecule has 5 heteroatoms. The van der Waals surface area contributed by atoms with E-state index in [1.165, 1.54) is 12.1 Å². The Morgan fingerprint density at radius 3 is 2.45 bits per heavy atom. The summed E-state index contributed by atoms with van der Waals surface area (Å²) in [7, 11) is 0. The first kappa shape index (κ1) is 16.7. The Labute approximate surface area is 124 Å². The topological polar surface area (TPSA) is 38.4 Å². The van der Waals surface area contributed by atoms with Crippen LogP contribution in [0.3, 0.4) is 0 Å². The minimum atomic E-state index is -0.636. The van der Waals surface area contributed by atoms with Crippen LogP contribution >= 0.6 is 12.6 Å². The average molecular weight is 298 g/mol. The number of nitrogens with two attached hydrogens (primary N) is 1. The molecule has 0 fully saturated rings. The molecule has 0 heterocycles. The molecular weight excluding hydrogens is 278 g/mol. The largest absolute Gasteiger partial charge is 0.378 e. The van der Waals surface area contributed by atoms with E-state index in [4.69, 9.17) is 5.73 Å². The Bertz CT molecular complexity index is 547. The van der Waals surface area contributed by atoms with Crippen molar-refractivity contribution in [3.05, 3.63) is 40.5 Å². The maximum absolute atomic E-state index is 14.5. The van der Waals surface area contributed by atoms with Gasteiger partial charge in [0.15, 0.2) is 5.17 Å². The molecule has 0 aromatic heterocycles. The summed E-state index contributed by atoms with van der Waals surface area (Å²) in [6.07, 6.45) is 1.96. The average Bonchev–Trinajstić information content (AvgIpc) is 2.39. The first-order valence-electron chi connectivity index (χ1n) is 6.62. The smallest absolute Gasteiger partial charge is 0.156 e. The summed E-state index contributed by atoms with van der Waals surface area (Å²) in [5.41, 5.74) is 6.81. The summed E-state index contributed by atoms with van der Waals surface area (Å²) < 4.78 is 28.6. The standard InChI is InChI=1S/C15H20F2N2S/c1-4-6-10-7-8-11(16)12(13(10)17)14(9(3)5-2)19-15(18)20/h7-8H,4-6H2,1-3H3,(H3,18,19,20)/b14-9+. The van der Waals surface area contributed by atoms with E-state index in [0.29, 0.717) is 18.4 Å². The summed E-state index contributed by atoms with van der Waals surface area (Å²) >= 11 is 3.91. The molecule has 0 unspecified atom stereocenters. The Morgan fingerprint density at radius 2 is 1.95 bits per heavy atom. The minimum Gasteiger partial charge on any atom is -0.378 e. The summed E-state index contributed by atoms with van der Waals surface area (Å²) in [4.78, 5) is 4.00. The highest BCUT2D eigenvalue weighted by Crippen LogP contribution is 2.29. The van der Waals surface area contributed by atoms with Crippen molar-refractivity contribution in [1.29, 1.82) is 0 Å². The van der Waals surface area contributed by atoms with Gasteiger partial charge in [-0.15, -0.1) is 12.6 Å². The van der Waals surface area contributed by atoms with Gasteiger partial charge in [-0.3, -0.25) is 0 Å². The molecule has 2 N–H and O–H groups in total. The molecule has 0 spiro atoms. The number of aryl methyl sites for hydroxylation is 1. The summed E-state index contributed by atoms with van der Waals surface area (Å²) in [6.45, 7) is 5.62. The monoisotopic (exact) mass is 298 g/mol. The van der Waals surface area contributed by atoms with E-state index in [1.54, 1.807) is 6.92 Å². The Morgan fingerprint density at radius 1 is 1.30 bits per heavy atom. The Balaban J connectivity index is 3.56. The zero-order chi connectivity index (χ0) is 15.3. The molecule has 110 valence electrons. The van der Waals surface area contributed by atoms with Crippen LogP contribution in [0.5, 0.6) is 0 Å². The zero-order valence-electron chi connectivity index (χ0n) is 12.0. The van der Waals surface area contributed by atoms with Gasteiger partial charge in [-0.05, 0) is 37.0 Å². The predicted molar refractivity (Wildman–Crippen MR) is 83.8 cm³/mol. The van der Waals surface area contributed by atoms with Crippen molar-refractivity contribution in [3.8, 4) is 0 Å². The van der Waals surface area contributed by atoms with E-state index in [9.17, 15) is 8.78 Å². The molecule has 0 atom stereocenters. The van der Waals surface area contributed by atoms with Crippen molar-refractivity contribution < 1.29 is 8.78 Å². The number of hydrogen-bond donors (Lipinski definition) is 2. The van der Waals surface area contributed by atoms with E-state index in [0.717, 1.165) is 12.0 Å². The van der Waals surface area contributed by atoms with E-state index in [2.05, 4.69) is 17.6 Å². The highest BCUT2D eigenvalue weighted by molar-refractivity contribution is 7.96. The van der Waals surface area contributed by atoms with Gasteiger partial charge >= 0.3 is 0 Å². The first-order valence-corrected chi connectivity index (χ1v) is 7.07. The van der Waals surface area contributed by atoms with Crippen LogP contribution in [-0.4, -0.2) is 5.17 Å². The molecule has 0 saturated heterocycles. The third-order valence-electron chi connectivity index (χ3n) is 3.09. The highest BCUT2D eigenvalue weighted by Gasteiger charge is 2.18. The molecule has 0 saturated carbocycles. The van der Waals surface area contributed by atoms with Crippen molar-refractivity contribution in [2.45, 2.75) is 40.0 Å². The first-order chi connectivity index (χ1) is 9.42. The van der Waals surface area contributed by atoms with Crippen LogP contribution in [0.1, 0.15) is 44.7 Å². The minimum absolute atomic E-state index is 0.0208. The highest BCUT2D eigenvalue weighted by atomic mass is 32.1. The van der Waals surface area contributed by atoms with Gasteiger partial charge in [0, 0.05) is 0 Å². The molecule has 20 heavy (non-hydrogen) atoms. The van der Waals surface area contributed by atoms with E-state index >= 15 is 0 Å². The van der Waals surface area contributed by atoms with Gasteiger partial charge in [0.1, 0.15) is 11.6 Å². The van der Waals surface area contributed by atoms with Crippen LogP contribution in [-0.2, 0) is 6.42 Å². The van der Waals surface area contributed by atoms with Crippen molar-refractivity contribution in [2.24, 2.45) is 10.7 Å². The number of benzene rings is 1. The number of amidine groups is 1. The molecular formula is C15H20F2N2S. The number of hydrogen-bond acceptors (Lipinski definition) is 1. The van der Waals surface area contributed by atoms with Gasteiger partial charge in [0.05, 0.1) is 11.3 Å². The summed E-state index contributed by atoms with van der Waals surface area (Å²) in [5, 5.41) is -0.0208. The van der Waals surface area contributed by atoms with Gasteiger partial charge in [-0.25, -0.2) is 13.8 Å². The molecule has 0 aliphatic carbocycles. The Kier molecular flexibility index (Phi) is 6.20. The second kappa shape index (κ2) is 7.43. The van der Waals surface area contributed by atoms with Crippen molar-refractivity contribution >= 4 is 23.5 Å². The van der Waals surface area contributed by atoms with Crippen molar-refractivity contribution in [3.63, 3.8) is 0 Å². The quantitative estimate of drug-likeness (QED) is 0.475. The van der Waals surface area contributed by atoms with Crippen molar-refractivity contribution in [2.75, 3.05) is 0 Å². The SMILES string of the molecule is CCCc1ccc(F)c(C(/N=C(/N)S)=C(/C)CC)c1F. The maximum atomic E-state index is 14.5. The molecule has 2 nitrogen and oxygen atoms in total. The molecule has 1 rings (SSSR count).